The number of nitrogens with one attached hydrogen (secondary N) is 1. The number of rotatable bonds is 3. The van der Waals surface area contributed by atoms with E-state index in [9.17, 15) is 9.90 Å². The fourth-order valence-corrected chi connectivity index (χ4v) is 2.71. The van der Waals surface area contributed by atoms with Gasteiger partial charge in [-0.1, -0.05) is 12.1 Å². The molecule has 5 heteroatoms. The van der Waals surface area contributed by atoms with E-state index >= 15 is 0 Å². The topological polar surface area (TPSA) is 58.6 Å². The standard InChI is InChI=1S/C16H15NO3S/c1-16(10-18)7-6-11-9-12(4-5-13(11)20-16)17-15(19)14-3-2-8-21-14/h2-9,18H,10H2,1H3,(H,17,19). The van der Waals surface area contributed by atoms with Crippen molar-refractivity contribution in [2.45, 2.75) is 12.5 Å². The first-order chi connectivity index (χ1) is 10.1. The molecule has 1 unspecified atom stereocenters. The number of ether oxygens (including phenoxy) is 1. The van der Waals surface area contributed by atoms with Gasteiger partial charge in [0, 0.05) is 11.3 Å². The Morgan fingerprint density at radius 3 is 3.00 bits per heavy atom. The summed E-state index contributed by atoms with van der Waals surface area (Å²) in [4.78, 5) is 12.7. The van der Waals surface area contributed by atoms with Gasteiger partial charge >= 0.3 is 0 Å². The van der Waals surface area contributed by atoms with Gasteiger partial charge in [0.15, 0.2) is 0 Å². The highest BCUT2D eigenvalue weighted by Gasteiger charge is 2.26. The lowest BCUT2D eigenvalue weighted by atomic mass is 10.0. The number of hydrogen-bond donors (Lipinski definition) is 2. The third-order valence-electron chi connectivity index (χ3n) is 3.29. The summed E-state index contributed by atoms with van der Waals surface area (Å²) in [6, 6.07) is 9.08. The minimum Gasteiger partial charge on any atom is -0.480 e. The fraction of sp³-hybridized carbons (Fsp3) is 0.188. The maximum Gasteiger partial charge on any atom is 0.265 e. The molecule has 0 aliphatic carbocycles. The first-order valence-electron chi connectivity index (χ1n) is 6.58. The van der Waals surface area contributed by atoms with E-state index in [1.807, 2.05) is 36.6 Å². The van der Waals surface area contributed by atoms with Gasteiger partial charge in [-0.25, -0.2) is 0 Å². The number of carbonyl (C=O) groups is 1. The summed E-state index contributed by atoms with van der Waals surface area (Å²) in [6.45, 7) is 1.73. The van der Waals surface area contributed by atoms with Crippen molar-refractivity contribution in [3.63, 3.8) is 0 Å². The second kappa shape index (κ2) is 5.35. The van der Waals surface area contributed by atoms with Crippen LogP contribution in [0.3, 0.4) is 0 Å². The lowest BCUT2D eigenvalue weighted by Crippen LogP contribution is -2.35. The molecule has 1 aromatic carbocycles. The third kappa shape index (κ3) is 2.84. The largest absolute Gasteiger partial charge is 0.480 e. The lowest BCUT2D eigenvalue weighted by molar-refractivity contribution is 0.0641. The number of thiophene rings is 1. The second-order valence-electron chi connectivity index (χ2n) is 5.09. The molecule has 3 rings (SSSR count). The van der Waals surface area contributed by atoms with E-state index in [1.165, 1.54) is 11.3 Å². The van der Waals surface area contributed by atoms with Crippen LogP contribution in [0.5, 0.6) is 5.75 Å². The van der Waals surface area contributed by atoms with Crippen LogP contribution in [0.15, 0.2) is 41.8 Å². The Hall–Kier alpha value is -2.11. The van der Waals surface area contributed by atoms with E-state index in [2.05, 4.69) is 5.32 Å². The highest BCUT2D eigenvalue weighted by Crippen LogP contribution is 2.32. The van der Waals surface area contributed by atoms with Crippen LogP contribution >= 0.6 is 11.3 Å². The van der Waals surface area contributed by atoms with Crippen molar-refractivity contribution in [3.05, 3.63) is 52.2 Å². The molecule has 2 heterocycles. The van der Waals surface area contributed by atoms with Crippen LogP contribution in [0.2, 0.25) is 0 Å². The summed E-state index contributed by atoms with van der Waals surface area (Å²) in [6.07, 6.45) is 3.72. The summed E-state index contributed by atoms with van der Waals surface area (Å²) in [5.74, 6) is 0.578. The fourth-order valence-electron chi connectivity index (χ4n) is 2.09. The van der Waals surface area contributed by atoms with E-state index in [4.69, 9.17) is 4.74 Å². The van der Waals surface area contributed by atoms with Crippen LogP contribution in [0.25, 0.3) is 6.08 Å². The van der Waals surface area contributed by atoms with E-state index in [0.717, 1.165) is 5.56 Å². The number of carbonyl (C=O) groups excluding carboxylic acids is 1. The smallest absolute Gasteiger partial charge is 0.265 e. The van der Waals surface area contributed by atoms with Crippen LogP contribution in [-0.4, -0.2) is 23.2 Å². The molecule has 1 aliphatic heterocycles. The monoisotopic (exact) mass is 301 g/mol. The Morgan fingerprint density at radius 2 is 2.29 bits per heavy atom. The Bertz CT molecular complexity index is 694. The average Bonchev–Trinajstić information content (AvgIpc) is 3.02. The van der Waals surface area contributed by atoms with Crippen molar-refractivity contribution in [1.29, 1.82) is 0 Å². The summed E-state index contributed by atoms with van der Waals surface area (Å²) >= 11 is 1.40. The van der Waals surface area contributed by atoms with Crippen molar-refractivity contribution in [2.24, 2.45) is 0 Å². The second-order valence-corrected chi connectivity index (χ2v) is 6.04. The quantitative estimate of drug-likeness (QED) is 0.915. The predicted octanol–water partition coefficient (Wildman–Crippen LogP) is 3.16. The number of anilines is 1. The molecule has 2 aromatic rings. The molecule has 0 spiro atoms. The van der Waals surface area contributed by atoms with Crippen LogP contribution < -0.4 is 10.1 Å². The maximum absolute atomic E-state index is 12.0. The number of aliphatic hydroxyl groups is 1. The number of aliphatic hydroxyl groups excluding tert-OH is 1. The van der Waals surface area contributed by atoms with Gasteiger partial charge in [-0.3, -0.25) is 4.79 Å². The molecule has 2 N–H and O–H groups in total. The molecule has 0 fully saturated rings. The molecule has 0 radical (unpaired) electrons. The Labute approximate surface area is 126 Å². The molecule has 1 amide bonds. The van der Waals surface area contributed by atoms with Gasteiger partial charge in [0.2, 0.25) is 0 Å². The van der Waals surface area contributed by atoms with E-state index in [1.54, 1.807) is 18.2 Å². The number of fused-ring (bicyclic) bond motifs is 1. The van der Waals surface area contributed by atoms with Crippen LogP contribution in [-0.2, 0) is 0 Å². The molecule has 21 heavy (non-hydrogen) atoms. The Balaban J connectivity index is 1.80. The molecule has 108 valence electrons. The van der Waals surface area contributed by atoms with Crippen LogP contribution in [0, 0.1) is 0 Å². The van der Waals surface area contributed by atoms with Crippen molar-refractivity contribution in [2.75, 3.05) is 11.9 Å². The first kappa shape index (κ1) is 13.9. The number of amides is 1. The zero-order valence-corrected chi connectivity index (χ0v) is 12.3. The molecule has 0 saturated heterocycles. The minimum absolute atomic E-state index is 0.0835. The maximum atomic E-state index is 12.0. The molecule has 1 aliphatic rings. The van der Waals surface area contributed by atoms with Gasteiger partial charge in [0.1, 0.15) is 11.4 Å². The molecular weight excluding hydrogens is 286 g/mol. The minimum atomic E-state index is -0.686. The van der Waals surface area contributed by atoms with E-state index in [-0.39, 0.29) is 12.5 Å². The van der Waals surface area contributed by atoms with Crippen LogP contribution in [0.4, 0.5) is 5.69 Å². The van der Waals surface area contributed by atoms with E-state index in [0.29, 0.717) is 16.3 Å². The number of benzene rings is 1. The van der Waals surface area contributed by atoms with Gasteiger partial charge in [-0.15, -0.1) is 11.3 Å². The lowest BCUT2D eigenvalue weighted by Gasteiger charge is -2.29. The normalized spacial score (nSPS) is 19.7. The highest BCUT2D eigenvalue weighted by atomic mass is 32.1. The SMILES string of the molecule is CC1(CO)C=Cc2cc(NC(=O)c3cccs3)ccc2O1. The molecule has 4 nitrogen and oxygen atoms in total. The van der Waals surface area contributed by atoms with Gasteiger partial charge in [0.25, 0.3) is 5.91 Å². The van der Waals surface area contributed by atoms with Crippen molar-refractivity contribution < 1.29 is 14.6 Å². The molecular formula is C16H15NO3S. The van der Waals surface area contributed by atoms with Gasteiger partial charge in [-0.05, 0) is 42.6 Å². The number of hydrogen-bond acceptors (Lipinski definition) is 4. The zero-order valence-electron chi connectivity index (χ0n) is 11.5. The van der Waals surface area contributed by atoms with Crippen molar-refractivity contribution in [1.82, 2.24) is 0 Å². The third-order valence-corrected chi connectivity index (χ3v) is 4.15. The molecule has 0 saturated carbocycles. The summed E-state index contributed by atoms with van der Waals surface area (Å²) in [5.41, 5.74) is 0.910. The van der Waals surface area contributed by atoms with Crippen molar-refractivity contribution in [3.8, 4) is 5.75 Å². The molecule has 0 bridgehead atoms. The van der Waals surface area contributed by atoms with Crippen LogP contribution in [0.1, 0.15) is 22.2 Å². The zero-order chi connectivity index (χ0) is 14.9. The van der Waals surface area contributed by atoms with Gasteiger partial charge < -0.3 is 15.2 Å². The Kier molecular flexibility index (Phi) is 3.53. The molecule has 1 atom stereocenters. The summed E-state index contributed by atoms with van der Waals surface area (Å²) < 4.78 is 5.75. The van der Waals surface area contributed by atoms with Gasteiger partial charge in [0.05, 0.1) is 11.5 Å². The average molecular weight is 301 g/mol. The van der Waals surface area contributed by atoms with Gasteiger partial charge in [-0.2, -0.15) is 0 Å². The molecule has 1 aromatic heterocycles. The highest BCUT2D eigenvalue weighted by molar-refractivity contribution is 7.12. The summed E-state index contributed by atoms with van der Waals surface area (Å²) in [5, 5.41) is 14.1. The predicted molar refractivity (Wildman–Crippen MR) is 83.9 cm³/mol. The van der Waals surface area contributed by atoms with Crippen molar-refractivity contribution >= 4 is 29.0 Å². The first-order valence-corrected chi connectivity index (χ1v) is 7.46. The van der Waals surface area contributed by atoms with E-state index < -0.39 is 5.60 Å². The Morgan fingerprint density at radius 1 is 1.43 bits per heavy atom. The summed E-state index contributed by atoms with van der Waals surface area (Å²) in [7, 11) is 0.